The zero-order valence-corrected chi connectivity index (χ0v) is 12.0. The van der Waals surface area contributed by atoms with Crippen LogP contribution in [0.4, 0.5) is 5.69 Å². The summed E-state index contributed by atoms with van der Waals surface area (Å²) in [6, 6.07) is 7.87. The van der Waals surface area contributed by atoms with Crippen LogP contribution >= 0.6 is 0 Å². The third kappa shape index (κ3) is 2.49. The molecule has 0 aromatic heterocycles. The summed E-state index contributed by atoms with van der Waals surface area (Å²) >= 11 is 0. The van der Waals surface area contributed by atoms with Crippen molar-refractivity contribution in [1.29, 1.82) is 5.26 Å². The van der Waals surface area contributed by atoms with Gasteiger partial charge in [0.05, 0.1) is 17.0 Å². The third-order valence-corrected chi connectivity index (χ3v) is 4.40. The maximum Gasteiger partial charge on any atom is 0.311 e. The number of aryl methyl sites for hydroxylation is 1. The van der Waals surface area contributed by atoms with Crippen molar-refractivity contribution >= 4 is 11.7 Å². The van der Waals surface area contributed by atoms with Gasteiger partial charge in [0.1, 0.15) is 0 Å². The molecule has 1 saturated heterocycles. The number of hydrogen-bond acceptors (Lipinski definition) is 3. The monoisotopic (exact) mass is 272 g/mol. The van der Waals surface area contributed by atoms with Crippen molar-refractivity contribution in [2.75, 3.05) is 18.0 Å². The minimum atomic E-state index is -0.699. The van der Waals surface area contributed by atoms with Gasteiger partial charge in [-0.1, -0.05) is 6.92 Å². The molecule has 1 unspecified atom stereocenters. The minimum Gasteiger partial charge on any atom is -0.481 e. The number of benzene rings is 1. The topological polar surface area (TPSA) is 64.3 Å². The zero-order chi connectivity index (χ0) is 14.8. The lowest BCUT2D eigenvalue weighted by Crippen LogP contribution is -2.47. The number of carbonyl (C=O) groups is 1. The van der Waals surface area contributed by atoms with Crippen LogP contribution in [0.5, 0.6) is 0 Å². The van der Waals surface area contributed by atoms with E-state index in [2.05, 4.69) is 11.0 Å². The van der Waals surface area contributed by atoms with Crippen molar-refractivity contribution < 1.29 is 9.90 Å². The van der Waals surface area contributed by atoms with Crippen molar-refractivity contribution in [1.82, 2.24) is 0 Å². The number of nitriles is 1. The van der Waals surface area contributed by atoms with E-state index in [1.54, 1.807) is 0 Å². The lowest BCUT2D eigenvalue weighted by atomic mass is 9.77. The summed E-state index contributed by atoms with van der Waals surface area (Å²) in [5.74, 6) is -0.699. The van der Waals surface area contributed by atoms with E-state index in [4.69, 9.17) is 5.26 Å². The van der Waals surface area contributed by atoms with Crippen molar-refractivity contribution in [3.63, 3.8) is 0 Å². The lowest BCUT2D eigenvalue weighted by Gasteiger charge is -2.40. The predicted octanol–water partition coefficient (Wildman–Crippen LogP) is 2.95. The van der Waals surface area contributed by atoms with Crippen LogP contribution in [-0.2, 0) is 4.79 Å². The largest absolute Gasteiger partial charge is 0.481 e. The van der Waals surface area contributed by atoms with Crippen LogP contribution < -0.4 is 4.90 Å². The van der Waals surface area contributed by atoms with Gasteiger partial charge >= 0.3 is 5.97 Å². The molecule has 0 amide bonds. The molecule has 1 aromatic rings. The SMILES string of the molecule is CCC1(C(=O)O)CCCN(c2ccc(C#N)c(C)c2)C1. The number of hydrogen-bond donors (Lipinski definition) is 1. The minimum absolute atomic E-state index is 0.546. The molecule has 0 radical (unpaired) electrons. The molecule has 1 aliphatic rings. The number of carboxylic acids is 1. The van der Waals surface area contributed by atoms with Gasteiger partial charge in [-0.3, -0.25) is 4.79 Å². The van der Waals surface area contributed by atoms with Gasteiger partial charge in [-0.15, -0.1) is 0 Å². The Kier molecular flexibility index (Phi) is 3.99. The van der Waals surface area contributed by atoms with Crippen LogP contribution in [0.1, 0.15) is 37.3 Å². The van der Waals surface area contributed by atoms with Gasteiger partial charge in [0.25, 0.3) is 0 Å². The van der Waals surface area contributed by atoms with Crippen LogP contribution in [-0.4, -0.2) is 24.2 Å². The van der Waals surface area contributed by atoms with Gasteiger partial charge in [-0.05, 0) is 49.9 Å². The molecule has 106 valence electrons. The molecule has 1 heterocycles. The first kappa shape index (κ1) is 14.4. The van der Waals surface area contributed by atoms with Crippen molar-refractivity contribution in [2.24, 2.45) is 5.41 Å². The summed E-state index contributed by atoms with van der Waals surface area (Å²) in [7, 11) is 0. The Hall–Kier alpha value is -2.02. The second kappa shape index (κ2) is 5.54. The fourth-order valence-corrected chi connectivity index (χ4v) is 2.94. The van der Waals surface area contributed by atoms with Gasteiger partial charge in [0.15, 0.2) is 0 Å². The van der Waals surface area contributed by atoms with Crippen LogP contribution in [0.2, 0.25) is 0 Å². The van der Waals surface area contributed by atoms with Gasteiger partial charge in [-0.2, -0.15) is 5.26 Å². The summed E-state index contributed by atoms with van der Waals surface area (Å²) in [4.78, 5) is 13.7. The molecule has 0 spiro atoms. The molecule has 0 bridgehead atoms. The van der Waals surface area contributed by atoms with Crippen LogP contribution in [0, 0.1) is 23.7 Å². The predicted molar refractivity (Wildman–Crippen MR) is 77.7 cm³/mol. The molecule has 20 heavy (non-hydrogen) atoms. The van der Waals surface area contributed by atoms with E-state index in [1.165, 1.54) is 0 Å². The van der Waals surface area contributed by atoms with E-state index in [0.29, 0.717) is 18.5 Å². The van der Waals surface area contributed by atoms with Crippen LogP contribution in [0.15, 0.2) is 18.2 Å². The molecule has 0 saturated carbocycles. The zero-order valence-electron chi connectivity index (χ0n) is 12.0. The van der Waals surface area contributed by atoms with E-state index in [9.17, 15) is 9.90 Å². The molecule has 0 aliphatic carbocycles. The molecule has 4 nitrogen and oxygen atoms in total. The highest BCUT2D eigenvalue weighted by Crippen LogP contribution is 2.36. The van der Waals surface area contributed by atoms with E-state index in [1.807, 2.05) is 32.0 Å². The normalized spacial score (nSPS) is 22.4. The number of aliphatic carboxylic acids is 1. The number of anilines is 1. The van der Waals surface area contributed by atoms with Gasteiger partial charge in [-0.25, -0.2) is 0 Å². The first-order valence-corrected chi connectivity index (χ1v) is 7.01. The van der Waals surface area contributed by atoms with Crippen molar-refractivity contribution in [2.45, 2.75) is 33.1 Å². The van der Waals surface area contributed by atoms with Crippen molar-refractivity contribution in [3.8, 4) is 6.07 Å². The summed E-state index contributed by atoms with van der Waals surface area (Å²) in [6.45, 7) is 5.28. The summed E-state index contributed by atoms with van der Waals surface area (Å²) < 4.78 is 0. The second-order valence-electron chi connectivity index (χ2n) is 5.58. The average Bonchev–Trinajstić information content (AvgIpc) is 2.47. The Balaban J connectivity index is 2.27. The Bertz CT molecular complexity index is 562. The van der Waals surface area contributed by atoms with E-state index < -0.39 is 11.4 Å². The Morgan fingerprint density at radius 1 is 1.55 bits per heavy atom. The number of rotatable bonds is 3. The smallest absolute Gasteiger partial charge is 0.311 e. The number of piperidine rings is 1. The number of nitrogens with zero attached hydrogens (tertiary/aromatic N) is 2. The molecular formula is C16H20N2O2. The van der Waals surface area contributed by atoms with Crippen molar-refractivity contribution in [3.05, 3.63) is 29.3 Å². The third-order valence-electron chi connectivity index (χ3n) is 4.40. The quantitative estimate of drug-likeness (QED) is 0.918. The highest BCUT2D eigenvalue weighted by Gasteiger charge is 2.40. The molecule has 1 N–H and O–H groups in total. The lowest BCUT2D eigenvalue weighted by molar-refractivity contribution is -0.149. The highest BCUT2D eigenvalue weighted by atomic mass is 16.4. The Morgan fingerprint density at radius 2 is 2.30 bits per heavy atom. The Morgan fingerprint density at radius 3 is 2.85 bits per heavy atom. The maximum absolute atomic E-state index is 11.6. The summed E-state index contributed by atoms with van der Waals surface area (Å²) in [5.41, 5.74) is 1.99. The molecule has 1 atom stereocenters. The van der Waals surface area contributed by atoms with Crippen LogP contribution in [0.25, 0.3) is 0 Å². The second-order valence-corrected chi connectivity index (χ2v) is 5.58. The fourth-order valence-electron chi connectivity index (χ4n) is 2.94. The fraction of sp³-hybridized carbons (Fsp3) is 0.500. The van der Waals surface area contributed by atoms with Gasteiger partial charge < -0.3 is 10.0 Å². The van der Waals surface area contributed by atoms with E-state index in [-0.39, 0.29) is 0 Å². The first-order valence-electron chi connectivity index (χ1n) is 7.01. The summed E-state index contributed by atoms with van der Waals surface area (Å²) in [6.07, 6.45) is 2.28. The van der Waals surface area contributed by atoms with E-state index in [0.717, 1.165) is 30.6 Å². The molecule has 1 aliphatic heterocycles. The molecule has 4 heteroatoms. The van der Waals surface area contributed by atoms with Gasteiger partial charge in [0.2, 0.25) is 0 Å². The first-order chi connectivity index (χ1) is 9.52. The van der Waals surface area contributed by atoms with Crippen LogP contribution in [0.3, 0.4) is 0 Å². The maximum atomic E-state index is 11.6. The van der Waals surface area contributed by atoms with E-state index >= 15 is 0 Å². The molecule has 1 fully saturated rings. The standard InChI is InChI=1S/C16H20N2O2/c1-3-16(15(19)20)7-4-8-18(11-16)14-6-5-13(10-17)12(2)9-14/h5-6,9H,3-4,7-8,11H2,1-2H3,(H,19,20). The summed E-state index contributed by atoms with van der Waals surface area (Å²) in [5, 5.41) is 18.5. The average molecular weight is 272 g/mol. The Labute approximate surface area is 119 Å². The molecular weight excluding hydrogens is 252 g/mol. The molecule has 1 aromatic carbocycles. The molecule has 2 rings (SSSR count). The van der Waals surface area contributed by atoms with Gasteiger partial charge in [0, 0.05) is 18.8 Å². The number of carboxylic acid groups (broad SMARTS) is 1. The highest BCUT2D eigenvalue weighted by molar-refractivity contribution is 5.76.